The standard InChI is InChI=1S/C27H18ClN3O4/c28-20-12-6-11-19-23(17-8-2-1-3-9-17)25(30-24(19)20)26(32)31-29-16-18-10-4-5-13-21(18)35-27(33)22-14-7-15-34-22/h1-16,30H,(H,31,32). The van der Waals surface area contributed by atoms with Crippen molar-refractivity contribution in [1.29, 1.82) is 0 Å². The molecule has 35 heavy (non-hydrogen) atoms. The van der Waals surface area contributed by atoms with Crippen LogP contribution in [0.4, 0.5) is 0 Å². The third kappa shape index (κ3) is 4.58. The van der Waals surface area contributed by atoms with Gasteiger partial charge in [-0.25, -0.2) is 10.2 Å². The summed E-state index contributed by atoms with van der Waals surface area (Å²) in [6.07, 6.45) is 2.79. The van der Waals surface area contributed by atoms with Gasteiger partial charge in [0.15, 0.2) is 0 Å². The molecule has 172 valence electrons. The fourth-order valence-corrected chi connectivity index (χ4v) is 3.92. The van der Waals surface area contributed by atoms with Crippen molar-refractivity contribution in [3.05, 3.63) is 113 Å². The van der Waals surface area contributed by atoms with Crippen LogP contribution in [-0.4, -0.2) is 23.1 Å². The summed E-state index contributed by atoms with van der Waals surface area (Å²) >= 11 is 6.37. The number of carbonyl (C=O) groups is 2. The molecule has 0 aliphatic rings. The van der Waals surface area contributed by atoms with E-state index in [0.717, 1.165) is 16.5 Å². The second kappa shape index (κ2) is 9.70. The van der Waals surface area contributed by atoms with Crippen molar-refractivity contribution >= 4 is 40.6 Å². The number of furan rings is 1. The van der Waals surface area contributed by atoms with Gasteiger partial charge in [-0.1, -0.05) is 66.2 Å². The molecule has 5 aromatic rings. The highest BCUT2D eigenvalue weighted by atomic mass is 35.5. The van der Waals surface area contributed by atoms with Gasteiger partial charge in [0.05, 0.1) is 23.0 Å². The van der Waals surface area contributed by atoms with Crippen molar-refractivity contribution in [3.63, 3.8) is 0 Å². The minimum atomic E-state index is -0.637. The number of nitrogens with one attached hydrogen (secondary N) is 2. The van der Waals surface area contributed by atoms with E-state index in [-0.39, 0.29) is 11.5 Å². The zero-order valence-corrected chi connectivity index (χ0v) is 19.0. The summed E-state index contributed by atoms with van der Waals surface area (Å²) < 4.78 is 10.5. The van der Waals surface area contributed by atoms with Crippen LogP contribution in [0.1, 0.15) is 26.6 Å². The van der Waals surface area contributed by atoms with Gasteiger partial charge in [0.25, 0.3) is 5.91 Å². The fraction of sp³-hybridized carbons (Fsp3) is 0. The lowest BCUT2D eigenvalue weighted by Gasteiger charge is -2.06. The van der Waals surface area contributed by atoms with Crippen molar-refractivity contribution < 1.29 is 18.7 Å². The zero-order chi connectivity index (χ0) is 24.2. The lowest BCUT2D eigenvalue weighted by Crippen LogP contribution is -2.19. The van der Waals surface area contributed by atoms with Crippen LogP contribution in [0, 0.1) is 0 Å². The number of halogens is 1. The Labute approximate surface area is 205 Å². The molecule has 0 fully saturated rings. The third-order valence-electron chi connectivity index (χ3n) is 5.29. The molecule has 0 spiro atoms. The topological polar surface area (TPSA) is 96.7 Å². The number of nitrogens with zero attached hydrogens (tertiary/aromatic N) is 1. The van der Waals surface area contributed by atoms with Crippen molar-refractivity contribution in [3.8, 4) is 16.9 Å². The number of esters is 1. The first-order valence-corrected chi connectivity index (χ1v) is 11.0. The predicted octanol–water partition coefficient (Wildman–Crippen LogP) is 6.06. The van der Waals surface area contributed by atoms with Crippen LogP contribution in [0.25, 0.3) is 22.0 Å². The molecule has 0 bridgehead atoms. The molecule has 2 aromatic heterocycles. The second-order valence-corrected chi connectivity index (χ2v) is 7.91. The molecule has 7 nitrogen and oxygen atoms in total. The monoisotopic (exact) mass is 483 g/mol. The molecule has 0 saturated carbocycles. The molecule has 0 radical (unpaired) electrons. The Hall–Kier alpha value is -4.62. The molecular formula is C27H18ClN3O4. The van der Waals surface area contributed by atoms with Crippen molar-refractivity contribution in [2.75, 3.05) is 0 Å². The maximum Gasteiger partial charge on any atom is 0.379 e. The van der Waals surface area contributed by atoms with Crippen LogP contribution < -0.4 is 10.2 Å². The van der Waals surface area contributed by atoms with Crippen LogP contribution in [0.15, 0.2) is 101 Å². The SMILES string of the molecule is O=C(Oc1ccccc1C=NNC(=O)c1[nH]c2c(Cl)cccc2c1-c1ccccc1)c1ccco1. The Balaban J connectivity index is 1.41. The number of carbonyl (C=O) groups excluding carboxylic acids is 2. The summed E-state index contributed by atoms with van der Waals surface area (Å²) in [6, 6.07) is 25.0. The maximum absolute atomic E-state index is 13.1. The molecule has 0 saturated heterocycles. The van der Waals surface area contributed by atoms with Crippen molar-refractivity contribution in [2.45, 2.75) is 0 Å². The van der Waals surface area contributed by atoms with Gasteiger partial charge < -0.3 is 14.1 Å². The maximum atomic E-state index is 13.1. The first kappa shape index (κ1) is 22.2. The van der Waals surface area contributed by atoms with Gasteiger partial charge in [-0.15, -0.1) is 0 Å². The number of aromatic nitrogens is 1. The molecular weight excluding hydrogens is 466 g/mol. The van der Waals surface area contributed by atoms with Gasteiger partial charge in [0.1, 0.15) is 11.4 Å². The molecule has 2 heterocycles. The highest BCUT2D eigenvalue weighted by Crippen LogP contribution is 2.35. The average Bonchev–Trinajstić information content (AvgIpc) is 3.55. The van der Waals surface area contributed by atoms with E-state index in [1.165, 1.54) is 18.5 Å². The highest BCUT2D eigenvalue weighted by Gasteiger charge is 2.20. The summed E-state index contributed by atoms with van der Waals surface area (Å²) in [7, 11) is 0. The number of amides is 1. The van der Waals surface area contributed by atoms with Gasteiger partial charge in [-0.05, 0) is 35.9 Å². The van der Waals surface area contributed by atoms with E-state index >= 15 is 0 Å². The third-order valence-corrected chi connectivity index (χ3v) is 5.60. The van der Waals surface area contributed by atoms with Crippen LogP contribution in [-0.2, 0) is 0 Å². The van der Waals surface area contributed by atoms with Crippen LogP contribution in [0.5, 0.6) is 5.75 Å². The number of aromatic amines is 1. The van der Waals surface area contributed by atoms with Gasteiger partial charge in [0, 0.05) is 16.5 Å². The molecule has 0 aliphatic carbocycles. The van der Waals surface area contributed by atoms with E-state index in [9.17, 15) is 9.59 Å². The Morgan fingerprint density at radius 2 is 1.74 bits per heavy atom. The minimum absolute atomic E-state index is 0.0796. The first-order chi connectivity index (χ1) is 17.1. The highest BCUT2D eigenvalue weighted by molar-refractivity contribution is 6.36. The van der Waals surface area contributed by atoms with Crippen LogP contribution in [0.2, 0.25) is 5.02 Å². The van der Waals surface area contributed by atoms with E-state index in [0.29, 0.717) is 21.8 Å². The molecule has 5 rings (SSSR count). The van der Waals surface area contributed by atoms with Crippen LogP contribution in [0.3, 0.4) is 0 Å². The molecule has 1 amide bonds. The number of hydrazone groups is 1. The Bertz CT molecular complexity index is 1540. The summed E-state index contributed by atoms with van der Waals surface area (Å²) in [5.41, 5.74) is 5.62. The lowest BCUT2D eigenvalue weighted by molar-refractivity contribution is 0.0701. The lowest BCUT2D eigenvalue weighted by atomic mass is 10.0. The number of hydrogen-bond donors (Lipinski definition) is 2. The van der Waals surface area contributed by atoms with E-state index in [2.05, 4.69) is 15.5 Å². The van der Waals surface area contributed by atoms with E-state index in [1.807, 2.05) is 42.5 Å². The number of benzene rings is 3. The predicted molar refractivity (Wildman–Crippen MR) is 134 cm³/mol. The van der Waals surface area contributed by atoms with Crippen molar-refractivity contribution in [1.82, 2.24) is 10.4 Å². The quantitative estimate of drug-likeness (QED) is 0.133. The van der Waals surface area contributed by atoms with Crippen molar-refractivity contribution in [2.24, 2.45) is 5.10 Å². The second-order valence-electron chi connectivity index (χ2n) is 7.51. The summed E-state index contributed by atoms with van der Waals surface area (Å²) in [4.78, 5) is 28.5. The summed E-state index contributed by atoms with van der Waals surface area (Å²) in [5, 5.41) is 5.42. The van der Waals surface area contributed by atoms with Gasteiger partial charge in [-0.2, -0.15) is 5.10 Å². The number of rotatable bonds is 6. The fourth-order valence-electron chi connectivity index (χ4n) is 3.70. The van der Waals surface area contributed by atoms with E-state index in [4.69, 9.17) is 20.8 Å². The minimum Gasteiger partial charge on any atom is -0.457 e. The van der Waals surface area contributed by atoms with E-state index < -0.39 is 11.9 Å². The molecule has 8 heteroatoms. The summed E-state index contributed by atoms with van der Waals surface area (Å²) in [6.45, 7) is 0. The number of fused-ring (bicyclic) bond motifs is 1. The van der Waals surface area contributed by atoms with Gasteiger partial charge in [-0.3, -0.25) is 4.79 Å². The average molecular weight is 484 g/mol. The molecule has 0 aliphatic heterocycles. The van der Waals surface area contributed by atoms with Gasteiger partial charge in [0.2, 0.25) is 5.76 Å². The van der Waals surface area contributed by atoms with E-state index in [1.54, 1.807) is 36.4 Å². The van der Waals surface area contributed by atoms with Crippen LogP contribution >= 0.6 is 11.6 Å². The molecule has 2 N–H and O–H groups in total. The Kier molecular flexibility index (Phi) is 6.15. The smallest absolute Gasteiger partial charge is 0.379 e. The number of para-hydroxylation sites is 2. The Morgan fingerprint density at radius 1 is 0.943 bits per heavy atom. The number of H-pyrrole nitrogens is 1. The molecule has 0 unspecified atom stereocenters. The number of hydrogen-bond acceptors (Lipinski definition) is 5. The first-order valence-electron chi connectivity index (χ1n) is 10.7. The molecule has 0 atom stereocenters. The zero-order valence-electron chi connectivity index (χ0n) is 18.2. The normalized spacial score (nSPS) is 11.1. The molecule has 3 aromatic carbocycles. The summed E-state index contributed by atoms with van der Waals surface area (Å²) in [5.74, 6) is -0.731. The van der Waals surface area contributed by atoms with Gasteiger partial charge >= 0.3 is 5.97 Å². The largest absolute Gasteiger partial charge is 0.457 e. The Morgan fingerprint density at radius 3 is 2.54 bits per heavy atom. The number of ether oxygens (including phenoxy) is 1.